The molecule has 0 aliphatic carbocycles. The van der Waals surface area contributed by atoms with Crippen LogP contribution in [0, 0.1) is 6.92 Å². The largest absolute Gasteiger partial charge is 0.438 e. The van der Waals surface area contributed by atoms with Crippen molar-refractivity contribution in [3.8, 4) is 11.6 Å². The number of carbonyl (C=O) groups is 1. The molecule has 0 unspecified atom stereocenters. The monoisotopic (exact) mass is 453 g/mol. The number of thioether (sulfide) groups is 1. The van der Waals surface area contributed by atoms with E-state index in [1.165, 1.54) is 15.4 Å². The lowest BCUT2D eigenvalue weighted by Crippen LogP contribution is -2.31. The van der Waals surface area contributed by atoms with Crippen molar-refractivity contribution in [3.63, 3.8) is 0 Å². The van der Waals surface area contributed by atoms with E-state index in [9.17, 15) is 9.59 Å². The second kappa shape index (κ2) is 9.01. The summed E-state index contributed by atoms with van der Waals surface area (Å²) in [6.07, 6.45) is 3.13. The van der Waals surface area contributed by atoms with Gasteiger partial charge in [-0.3, -0.25) is 18.9 Å². The third kappa shape index (κ3) is 4.39. The van der Waals surface area contributed by atoms with E-state index < -0.39 is 0 Å². The van der Waals surface area contributed by atoms with Gasteiger partial charge in [-0.15, -0.1) is 0 Å². The Bertz CT molecular complexity index is 1270. The minimum absolute atomic E-state index is 0.129. The molecule has 1 aliphatic rings. The molecule has 0 bridgehead atoms. The lowest BCUT2D eigenvalue weighted by molar-refractivity contribution is -0.122. The van der Waals surface area contributed by atoms with Crippen LogP contribution < -0.4 is 10.3 Å². The molecule has 1 aromatic carbocycles. The molecule has 1 saturated heterocycles. The number of thiocarbonyl (C=S) groups is 1. The molecule has 0 radical (unpaired) electrons. The van der Waals surface area contributed by atoms with Gasteiger partial charge < -0.3 is 9.47 Å². The number of benzene rings is 1. The number of aromatic nitrogens is 2. The van der Waals surface area contributed by atoms with Gasteiger partial charge in [-0.1, -0.05) is 42.2 Å². The lowest BCUT2D eigenvalue weighted by Gasteiger charge is -2.13. The molecule has 0 N–H and O–H groups in total. The minimum atomic E-state index is -0.338. The van der Waals surface area contributed by atoms with Crippen LogP contribution in [0.15, 0.2) is 58.4 Å². The molecule has 1 fully saturated rings. The van der Waals surface area contributed by atoms with Gasteiger partial charge in [0, 0.05) is 13.3 Å². The summed E-state index contributed by atoms with van der Waals surface area (Å²) < 4.78 is 12.9. The number of pyridine rings is 1. The second-order valence-electron chi connectivity index (χ2n) is 6.81. The van der Waals surface area contributed by atoms with Gasteiger partial charge in [-0.05, 0) is 42.8 Å². The van der Waals surface area contributed by atoms with Crippen molar-refractivity contribution < 1.29 is 14.3 Å². The number of hydrogen-bond donors (Lipinski definition) is 0. The van der Waals surface area contributed by atoms with E-state index in [1.54, 1.807) is 37.6 Å². The average molecular weight is 454 g/mol. The SMILES string of the molecule is COCCN1C(=O)C(=Cc2c(Oc3cccc(C)c3)nc3ccccn3c2=O)SC1=S. The number of nitrogens with zero attached hydrogens (tertiary/aromatic N) is 3. The van der Waals surface area contributed by atoms with E-state index in [0.29, 0.717) is 33.8 Å². The van der Waals surface area contributed by atoms with Crippen LogP contribution in [0.1, 0.15) is 11.1 Å². The third-order valence-electron chi connectivity index (χ3n) is 4.61. The zero-order valence-electron chi connectivity index (χ0n) is 16.9. The fraction of sp³-hybridized carbons (Fsp3) is 0.182. The summed E-state index contributed by atoms with van der Waals surface area (Å²) in [4.78, 5) is 32.4. The summed E-state index contributed by atoms with van der Waals surface area (Å²) in [5, 5.41) is 0. The van der Waals surface area contributed by atoms with Crippen molar-refractivity contribution in [1.82, 2.24) is 14.3 Å². The Kier molecular flexibility index (Phi) is 6.17. The number of rotatable bonds is 6. The topological polar surface area (TPSA) is 73.1 Å². The summed E-state index contributed by atoms with van der Waals surface area (Å²) in [7, 11) is 1.56. The van der Waals surface area contributed by atoms with E-state index in [4.69, 9.17) is 21.7 Å². The molecule has 0 atom stereocenters. The van der Waals surface area contributed by atoms with Crippen LogP contribution in [-0.4, -0.2) is 44.8 Å². The first-order chi connectivity index (χ1) is 15.0. The van der Waals surface area contributed by atoms with Crippen LogP contribution in [0.3, 0.4) is 0 Å². The molecule has 7 nitrogen and oxygen atoms in total. The Balaban J connectivity index is 1.81. The van der Waals surface area contributed by atoms with Crippen molar-refractivity contribution in [2.45, 2.75) is 6.92 Å². The first-order valence-corrected chi connectivity index (χ1v) is 10.7. The number of methoxy groups -OCH3 is 1. The Morgan fingerprint density at radius 2 is 2.03 bits per heavy atom. The number of aryl methyl sites for hydroxylation is 1. The van der Waals surface area contributed by atoms with E-state index in [-0.39, 0.29) is 22.9 Å². The Morgan fingerprint density at radius 1 is 1.19 bits per heavy atom. The number of ether oxygens (including phenoxy) is 2. The van der Waals surface area contributed by atoms with Crippen LogP contribution in [0.2, 0.25) is 0 Å². The highest BCUT2D eigenvalue weighted by Crippen LogP contribution is 2.34. The Hall–Kier alpha value is -3.01. The maximum atomic E-state index is 13.2. The van der Waals surface area contributed by atoms with Crippen molar-refractivity contribution in [2.75, 3.05) is 20.3 Å². The van der Waals surface area contributed by atoms with E-state index in [0.717, 1.165) is 17.3 Å². The Labute approximate surface area is 188 Å². The van der Waals surface area contributed by atoms with Crippen molar-refractivity contribution in [2.24, 2.45) is 0 Å². The molecule has 1 aliphatic heterocycles. The normalized spacial score (nSPS) is 15.3. The zero-order valence-corrected chi connectivity index (χ0v) is 18.5. The van der Waals surface area contributed by atoms with Crippen LogP contribution in [0.25, 0.3) is 11.7 Å². The second-order valence-corrected chi connectivity index (χ2v) is 8.49. The van der Waals surface area contributed by atoms with E-state index >= 15 is 0 Å². The number of hydrogen-bond acceptors (Lipinski definition) is 7. The molecule has 3 aromatic rings. The first kappa shape index (κ1) is 21.2. The fourth-order valence-corrected chi connectivity index (χ4v) is 4.37. The number of amides is 1. The van der Waals surface area contributed by atoms with Crippen LogP contribution in [-0.2, 0) is 9.53 Å². The smallest absolute Gasteiger partial charge is 0.269 e. The quantitative estimate of drug-likeness (QED) is 0.417. The van der Waals surface area contributed by atoms with Crippen molar-refractivity contribution in [1.29, 1.82) is 0 Å². The van der Waals surface area contributed by atoms with Gasteiger partial charge in [0.1, 0.15) is 21.3 Å². The highest BCUT2D eigenvalue weighted by atomic mass is 32.2. The molecule has 4 rings (SSSR count). The molecular formula is C22H19N3O4S2. The molecule has 31 heavy (non-hydrogen) atoms. The molecule has 0 spiro atoms. The van der Waals surface area contributed by atoms with Gasteiger partial charge in [0.05, 0.1) is 18.1 Å². The Morgan fingerprint density at radius 3 is 2.81 bits per heavy atom. The molecular weight excluding hydrogens is 434 g/mol. The number of carbonyl (C=O) groups excluding carboxylic acids is 1. The van der Waals surface area contributed by atoms with Gasteiger partial charge in [0.25, 0.3) is 11.5 Å². The predicted molar refractivity (Wildman–Crippen MR) is 124 cm³/mol. The van der Waals surface area contributed by atoms with Gasteiger partial charge in [-0.2, -0.15) is 4.98 Å². The maximum absolute atomic E-state index is 13.2. The highest BCUT2D eigenvalue weighted by Gasteiger charge is 2.32. The first-order valence-electron chi connectivity index (χ1n) is 9.48. The summed E-state index contributed by atoms with van der Waals surface area (Å²) in [5.41, 5.74) is 1.29. The molecule has 0 saturated carbocycles. The van der Waals surface area contributed by atoms with Crippen molar-refractivity contribution >= 4 is 45.9 Å². The summed E-state index contributed by atoms with van der Waals surface area (Å²) in [6.45, 7) is 2.66. The molecule has 158 valence electrons. The van der Waals surface area contributed by atoms with Crippen LogP contribution >= 0.6 is 24.0 Å². The maximum Gasteiger partial charge on any atom is 0.269 e. The summed E-state index contributed by atoms with van der Waals surface area (Å²) >= 11 is 6.47. The highest BCUT2D eigenvalue weighted by molar-refractivity contribution is 8.26. The lowest BCUT2D eigenvalue weighted by atomic mass is 10.2. The third-order valence-corrected chi connectivity index (χ3v) is 5.98. The molecule has 9 heteroatoms. The van der Waals surface area contributed by atoms with E-state index in [2.05, 4.69) is 4.98 Å². The van der Waals surface area contributed by atoms with Gasteiger partial charge in [0.15, 0.2) is 0 Å². The van der Waals surface area contributed by atoms with Crippen LogP contribution in [0.5, 0.6) is 11.6 Å². The average Bonchev–Trinajstić information content (AvgIpc) is 3.02. The fourth-order valence-electron chi connectivity index (χ4n) is 3.08. The number of fused-ring (bicyclic) bond motifs is 1. The molecule has 3 heterocycles. The van der Waals surface area contributed by atoms with Gasteiger partial charge in [-0.25, -0.2) is 0 Å². The molecule has 1 amide bonds. The van der Waals surface area contributed by atoms with E-state index in [1.807, 2.05) is 25.1 Å². The predicted octanol–water partition coefficient (Wildman–Crippen LogP) is 3.64. The van der Waals surface area contributed by atoms with Gasteiger partial charge >= 0.3 is 0 Å². The standard InChI is InChI=1S/C22H19N3O4S2/c1-14-6-5-7-15(12-14)29-19-16(20(26)24-9-4-3-8-18(24)23-19)13-17-21(27)25(10-11-28-2)22(30)31-17/h3-9,12-13H,10-11H2,1-2H3. The van der Waals surface area contributed by atoms with Gasteiger partial charge in [0.2, 0.25) is 5.88 Å². The van der Waals surface area contributed by atoms with Crippen molar-refractivity contribution in [3.05, 3.63) is 75.0 Å². The summed E-state index contributed by atoms with van der Waals surface area (Å²) in [5.74, 6) is 0.407. The van der Waals surface area contributed by atoms with Crippen LogP contribution in [0.4, 0.5) is 0 Å². The zero-order chi connectivity index (χ0) is 22.0. The summed E-state index contributed by atoms with van der Waals surface area (Å²) in [6, 6.07) is 12.7. The minimum Gasteiger partial charge on any atom is -0.438 e. The molecule has 2 aromatic heterocycles.